The first kappa shape index (κ1) is 53.6. The summed E-state index contributed by atoms with van der Waals surface area (Å²) in [5.74, 6) is 0. The van der Waals surface area contributed by atoms with Gasteiger partial charge in [0.1, 0.15) is 5.58 Å². The zero-order valence-electron chi connectivity index (χ0n) is 80.8. The Balaban J connectivity index is 0.919. The third kappa shape index (κ3) is 10.9. The Labute approximate surface area is 702 Å². The molecule has 0 unspecified atom stereocenters. The molecule has 17 aromatic carbocycles. The monoisotopic (exact) mass is 1510 g/mol. The summed E-state index contributed by atoms with van der Waals surface area (Å²) >= 11 is 0. The molecule has 0 radical (unpaired) electrons. The fourth-order valence-corrected chi connectivity index (χ4v) is 18.4. The molecule has 6 nitrogen and oxygen atoms in total. The molecule has 0 saturated carbocycles. The Morgan fingerprint density at radius 1 is 0.256 bits per heavy atom. The third-order valence-electron chi connectivity index (χ3n) is 23.9. The summed E-state index contributed by atoms with van der Waals surface area (Å²) in [4.78, 5) is 4.53. The van der Waals surface area contributed by atoms with Gasteiger partial charge in [0.15, 0.2) is 5.58 Å². The third-order valence-corrected chi connectivity index (χ3v) is 23.9. The van der Waals surface area contributed by atoms with Crippen molar-refractivity contribution in [2.45, 2.75) is 52.4 Å². The normalized spacial score (nSPS) is 14.7. The van der Waals surface area contributed by atoms with Crippen LogP contribution in [0.1, 0.15) is 74.6 Å². The first-order chi connectivity index (χ1) is 63.9. The maximum atomic E-state index is 9.96. The molecule has 0 fully saturated rings. The maximum absolute atomic E-state index is 9.96. The first-order valence-electron chi connectivity index (χ1n) is 47.6. The van der Waals surface area contributed by atoms with Gasteiger partial charge >= 0.3 is 0 Å². The molecule has 21 aromatic rings. The number of fused-ring (bicyclic) bond motifs is 16. The van der Waals surface area contributed by atoms with Crippen LogP contribution in [0.3, 0.4) is 0 Å². The SMILES string of the molecule is [2H]c1c([2H])c([2H])c2c(c1[2H])c1c([2H])c([2H])c([2H])c([2H])c1n2-c1ccc2c(c1)N(c1cc(-c3ccccc3)cc(-c3ccccc3)c1)c1cc(-c3cc(-n4c5ccc(C(C)(C)C)cc5c5cc(C(C)(C)C)ccc54)c4oc5ccccc5c4c3)cc3c1B2c1ccc(-n2c4c([2H])c([2H])c([2H])c([2H])c4c4c([2H])c([2H])c([2H])c([2H])c42)cc1N3c1cc(-c2ccccc2)cc(-c2ccccc2)c1. The quantitative estimate of drug-likeness (QED) is 0.128. The highest BCUT2D eigenvalue weighted by Crippen LogP contribution is 2.52. The van der Waals surface area contributed by atoms with Gasteiger partial charge < -0.3 is 27.9 Å². The summed E-state index contributed by atoms with van der Waals surface area (Å²) in [5, 5.41) is 3.48. The van der Waals surface area contributed by atoms with Gasteiger partial charge in [-0.3, -0.25) is 0 Å². The molecule has 0 bridgehead atoms. The Hall–Kier alpha value is -14.4. The lowest BCUT2D eigenvalue weighted by molar-refractivity contribution is 0.590. The number of benzene rings is 17. The van der Waals surface area contributed by atoms with E-state index in [1.165, 1.54) is 11.1 Å². The molecule has 554 valence electrons. The zero-order chi connectivity index (χ0) is 92.0. The Morgan fingerprint density at radius 2 is 0.615 bits per heavy atom. The average molecular weight is 1510 g/mol. The Bertz CT molecular complexity index is 7990. The second-order valence-electron chi connectivity index (χ2n) is 32.9. The lowest BCUT2D eigenvalue weighted by Gasteiger charge is -2.45. The summed E-state index contributed by atoms with van der Waals surface area (Å²) in [6, 6.07) is 87.6. The smallest absolute Gasteiger partial charge is 0.252 e. The predicted octanol–water partition coefficient (Wildman–Crippen LogP) is 27.9. The van der Waals surface area contributed by atoms with E-state index in [2.05, 4.69) is 208 Å². The second kappa shape index (κ2) is 26.1. The highest BCUT2D eigenvalue weighted by Gasteiger charge is 2.45. The van der Waals surface area contributed by atoms with E-state index in [1.54, 1.807) is 9.13 Å². The number of anilines is 6. The molecule has 2 aliphatic heterocycles. The lowest BCUT2D eigenvalue weighted by atomic mass is 9.33. The van der Waals surface area contributed by atoms with Gasteiger partial charge in [-0.15, -0.1) is 0 Å². The standard InChI is InChI=1S/C110H80BN5O/c1-109(2,3)79-47-53-99-90(65-79)91-66-80(110(4,5)6)48-54-100(91)116(99)105-64-77(61-92-89-41-23-28-46-106(89)117-108(92)105)78-62-103-107-104(63-78)115(84-59-75(71-33-15-9-16-34-71)56-76(60-84)72-35-17-10-18-36-72)102-68-82(113-97-44-26-21-39-87(97)88-40-22-27-45-98(88)113)50-52-94(102)111(107)93-51-49-81(112-95-42-24-19-37-85(95)86-38-20-25-43-96(86)112)67-101(93)114(103)83-57-73(69-29-11-7-12-30-69)55-74(58-83)70-31-13-8-14-32-70/h7-68H,1-6H3/i19D,20D,21D,22D,24D,25D,26D,27D,37D,38D,39D,40D,42D,43D,44D,45D. The van der Waals surface area contributed by atoms with Gasteiger partial charge in [0.05, 0.1) is 60.7 Å². The number of para-hydroxylation sites is 5. The van der Waals surface area contributed by atoms with E-state index < -0.39 is 103 Å². The van der Waals surface area contributed by atoms with Gasteiger partial charge in [0.2, 0.25) is 0 Å². The van der Waals surface area contributed by atoms with Crippen LogP contribution in [0.4, 0.5) is 34.1 Å². The van der Waals surface area contributed by atoms with Crippen molar-refractivity contribution in [3.8, 4) is 72.7 Å². The van der Waals surface area contributed by atoms with Crippen LogP contribution in [0.15, 0.2) is 380 Å². The fourth-order valence-electron chi connectivity index (χ4n) is 18.4. The van der Waals surface area contributed by atoms with Crippen LogP contribution in [0, 0.1) is 0 Å². The largest absolute Gasteiger partial charge is 0.454 e. The fraction of sp³-hybridized carbons (Fsp3) is 0.0727. The molecule has 6 heterocycles. The number of nitrogens with zero attached hydrogens (tertiary/aromatic N) is 5. The average Bonchev–Trinajstić information content (AvgIpc) is 1.70. The van der Waals surface area contributed by atoms with Crippen molar-refractivity contribution in [1.82, 2.24) is 13.7 Å². The van der Waals surface area contributed by atoms with E-state index in [9.17, 15) is 21.9 Å². The number of hydrogen-bond acceptors (Lipinski definition) is 3. The molecule has 0 saturated heterocycles. The minimum absolute atomic E-state index is 0.0678. The van der Waals surface area contributed by atoms with Gasteiger partial charge in [-0.25, -0.2) is 0 Å². The summed E-state index contributed by atoms with van der Waals surface area (Å²) in [6.07, 6.45) is 0. The lowest BCUT2D eigenvalue weighted by Crippen LogP contribution is -2.61. The molecule has 117 heavy (non-hydrogen) atoms. The van der Waals surface area contributed by atoms with Crippen molar-refractivity contribution >= 4 is 145 Å². The molecule has 2 aliphatic rings. The molecule has 0 atom stereocenters. The van der Waals surface area contributed by atoms with E-state index >= 15 is 0 Å². The highest BCUT2D eigenvalue weighted by atomic mass is 16.3. The van der Waals surface area contributed by atoms with Crippen LogP contribution in [-0.2, 0) is 10.8 Å². The van der Waals surface area contributed by atoms with Crippen LogP contribution in [0.2, 0.25) is 0 Å². The summed E-state index contributed by atoms with van der Waals surface area (Å²) in [5.41, 5.74) is 20.8. The van der Waals surface area contributed by atoms with Crippen molar-refractivity contribution in [2.75, 3.05) is 9.80 Å². The van der Waals surface area contributed by atoms with Crippen LogP contribution in [0.5, 0.6) is 0 Å². The highest BCUT2D eigenvalue weighted by molar-refractivity contribution is 7.00. The maximum Gasteiger partial charge on any atom is 0.252 e. The van der Waals surface area contributed by atoms with Crippen LogP contribution < -0.4 is 26.2 Å². The summed E-state index contributed by atoms with van der Waals surface area (Å²) < 4.78 is 166. The van der Waals surface area contributed by atoms with E-state index in [0.29, 0.717) is 56.2 Å². The first-order valence-corrected chi connectivity index (χ1v) is 39.6. The van der Waals surface area contributed by atoms with Crippen molar-refractivity contribution in [3.05, 3.63) is 387 Å². The van der Waals surface area contributed by atoms with Crippen molar-refractivity contribution in [1.29, 1.82) is 0 Å². The van der Waals surface area contributed by atoms with E-state index in [1.807, 2.05) is 127 Å². The Kier molecular flexibility index (Phi) is 11.9. The summed E-state index contributed by atoms with van der Waals surface area (Å²) in [6.45, 7) is 12.6. The Morgan fingerprint density at radius 3 is 1.02 bits per heavy atom. The molecular formula is C110H80BN5O. The van der Waals surface area contributed by atoms with E-state index in [4.69, 9.17) is 4.42 Å². The molecule has 0 amide bonds. The van der Waals surface area contributed by atoms with Gasteiger partial charge in [0.25, 0.3) is 6.71 Å². The van der Waals surface area contributed by atoms with Crippen molar-refractivity contribution in [2.24, 2.45) is 0 Å². The molecule has 7 heteroatoms. The minimum Gasteiger partial charge on any atom is -0.454 e. The number of furan rings is 1. The zero-order valence-corrected chi connectivity index (χ0v) is 64.8. The molecule has 0 N–H and O–H groups in total. The van der Waals surface area contributed by atoms with E-state index in [-0.39, 0.29) is 65.8 Å². The molecule has 4 aromatic heterocycles. The number of rotatable bonds is 10. The molecule has 23 rings (SSSR count). The molecule has 0 aliphatic carbocycles. The predicted molar refractivity (Wildman–Crippen MR) is 495 cm³/mol. The van der Waals surface area contributed by atoms with Gasteiger partial charge in [-0.1, -0.05) is 278 Å². The van der Waals surface area contributed by atoms with Gasteiger partial charge in [-0.2, -0.15) is 0 Å². The second-order valence-corrected chi connectivity index (χ2v) is 32.9. The number of hydrogen-bond donors (Lipinski definition) is 0. The molecule has 0 spiro atoms. The summed E-state index contributed by atoms with van der Waals surface area (Å²) in [7, 11) is 0. The van der Waals surface area contributed by atoms with Gasteiger partial charge in [-0.05, 0) is 233 Å². The van der Waals surface area contributed by atoms with Crippen molar-refractivity contribution in [3.63, 3.8) is 0 Å². The van der Waals surface area contributed by atoms with Gasteiger partial charge in [0, 0.05) is 88.6 Å². The minimum atomic E-state index is -0.818. The van der Waals surface area contributed by atoms with E-state index in [0.717, 1.165) is 99.4 Å². The van der Waals surface area contributed by atoms with Crippen molar-refractivity contribution < 1.29 is 26.3 Å². The van der Waals surface area contributed by atoms with Crippen LogP contribution >= 0.6 is 0 Å². The van der Waals surface area contributed by atoms with Crippen LogP contribution in [-0.4, -0.2) is 20.4 Å². The number of aromatic nitrogens is 3. The van der Waals surface area contributed by atoms with Crippen LogP contribution in [0.25, 0.3) is 160 Å². The topological polar surface area (TPSA) is 34.4 Å². The molecular weight excluding hydrogens is 1420 g/mol.